The van der Waals surface area contributed by atoms with Gasteiger partial charge >= 0.3 is 0 Å². The Kier molecular flexibility index (Phi) is 7.93. The molecule has 0 bridgehead atoms. The number of aliphatic hydroxyl groups excluding tert-OH is 1. The van der Waals surface area contributed by atoms with Crippen molar-refractivity contribution in [2.45, 2.75) is 45.2 Å². The van der Waals surface area contributed by atoms with Crippen molar-refractivity contribution < 1.29 is 19.4 Å². The average molecular weight is 471 g/mol. The molecule has 0 radical (unpaired) electrons. The first-order chi connectivity index (χ1) is 17.1. The summed E-state index contributed by atoms with van der Waals surface area (Å²) in [4.78, 5) is 31.8. The zero-order valence-electron chi connectivity index (χ0n) is 19.9. The summed E-state index contributed by atoms with van der Waals surface area (Å²) < 4.78 is 5.86. The quantitative estimate of drug-likeness (QED) is 0.179. The van der Waals surface area contributed by atoms with Crippen molar-refractivity contribution in [1.29, 1.82) is 0 Å². The number of hydrogen-bond donors (Lipinski definition) is 1. The minimum atomic E-state index is -0.720. The summed E-state index contributed by atoms with van der Waals surface area (Å²) in [5.41, 5.74) is 2.14. The number of ether oxygens (including phenoxy) is 1. The Morgan fingerprint density at radius 2 is 1.66 bits per heavy atom. The molecule has 3 aromatic rings. The summed E-state index contributed by atoms with van der Waals surface area (Å²) in [6, 6.07) is 19.4. The molecule has 2 aromatic carbocycles. The second-order valence-corrected chi connectivity index (χ2v) is 8.63. The van der Waals surface area contributed by atoms with Crippen molar-refractivity contribution in [2.75, 3.05) is 6.61 Å². The van der Waals surface area contributed by atoms with Crippen molar-refractivity contribution in [3.63, 3.8) is 0 Å². The van der Waals surface area contributed by atoms with Gasteiger partial charge in [-0.1, -0.05) is 68.7 Å². The maximum Gasteiger partial charge on any atom is 0.295 e. The monoisotopic (exact) mass is 470 g/mol. The number of pyridine rings is 1. The number of ketones is 1. The number of carbonyl (C=O) groups is 2. The first kappa shape index (κ1) is 24.2. The maximum absolute atomic E-state index is 13.1. The van der Waals surface area contributed by atoms with Crippen LogP contribution in [0.1, 0.15) is 55.3 Å². The molecule has 1 fully saturated rings. The van der Waals surface area contributed by atoms with Crippen LogP contribution in [0.15, 0.2) is 84.7 Å². The van der Waals surface area contributed by atoms with Gasteiger partial charge in [0.2, 0.25) is 0 Å². The zero-order valence-corrected chi connectivity index (χ0v) is 19.9. The Labute approximate surface area is 205 Å². The number of amides is 1. The van der Waals surface area contributed by atoms with Gasteiger partial charge < -0.3 is 14.7 Å². The zero-order chi connectivity index (χ0) is 24.6. The molecule has 6 heteroatoms. The van der Waals surface area contributed by atoms with Crippen LogP contribution in [0.3, 0.4) is 0 Å². The lowest BCUT2D eigenvalue weighted by Crippen LogP contribution is -2.29. The van der Waals surface area contributed by atoms with E-state index >= 15 is 0 Å². The largest absolute Gasteiger partial charge is 0.507 e. The van der Waals surface area contributed by atoms with Gasteiger partial charge in [-0.2, -0.15) is 0 Å². The third kappa shape index (κ3) is 5.60. The molecular formula is C29H30N2O4. The fourth-order valence-electron chi connectivity index (χ4n) is 4.30. The van der Waals surface area contributed by atoms with E-state index in [1.807, 2.05) is 54.6 Å². The van der Waals surface area contributed by atoms with Gasteiger partial charge in [0.25, 0.3) is 11.7 Å². The van der Waals surface area contributed by atoms with Crippen LogP contribution in [-0.4, -0.2) is 33.3 Å². The van der Waals surface area contributed by atoms with E-state index in [1.165, 1.54) is 30.1 Å². The molecular weight excluding hydrogens is 440 g/mol. The number of likely N-dealkylation sites (tertiary alicyclic amines) is 1. The number of benzene rings is 2. The number of aromatic nitrogens is 1. The van der Waals surface area contributed by atoms with E-state index in [9.17, 15) is 14.7 Å². The average Bonchev–Trinajstić information content (AvgIpc) is 3.14. The van der Waals surface area contributed by atoms with Crippen LogP contribution < -0.4 is 4.74 Å². The maximum atomic E-state index is 13.1. The summed E-state index contributed by atoms with van der Waals surface area (Å²) in [6.07, 6.45) is 7.58. The number of rotatable bonds is 10. The van der Waals surface area contributed by atoms with Gasteiger partial charge in [0, 0.05) is 24.5 Å². The second-order valence-electron chi connectivity index (χ2n) is 8.63. The van der Waals surface area contributed by atoms with Crippen LogP contribution in [0.25, 0.3) is 5.76 Å². The van der Waals surface area contributed by atoms with Crippen molar-refractivity contribution in [1.82, 2.24) is 9.88 Å². The van der Waals surface area contributed by atoms with E-state index in [-0.39, 0.29) is 17.9 Å². The van der Waals surface area contributed by atoms with E-state index in [2.05, 4.69) is 11.9 Å². The van der Waals surface area contributed by atoms with Crippen molar-refractivity contribution in [3.05, 3.63) is 101 Å². The highest BCUT2D eigenvalue weighted by Crippen LogP contribution is 2.40. The lowest BCUT2D eigenvalue weighted by atomic mass is 9.95. The topological polar surface area (TPSA) is 79.7 Å². The van der Waals surface area contributed by atoms with Gasteiger partial charge in [-0.3, -0.25) is 14.6 Å². The van der Waals surface area contributed by atoms with Gasteiger partial charge in [-0.15, -0.1) is 0 Å². The fourth-order valence-corrected chi connectivity index (χ4v) is 4.30. The summed E-state index contributed by atoms with van der Waals surface area (Å²) in [6.45, 7) is 3.07. The molecule has 1 aliphatic rings. The number of nitrogens with zero attached hydrogens (tertiary/aromatic N) is 2. The molecule has 0 saturated carbocycles. The lowest BCUT2D eigenvalue weighted by molar-refractivity contribution is -0.140. The molecule has 180 valence electrons. The standard InChI is InChI=1S/C29H30N2O4/c1-2-3-4-8-19-35-24-13-11-22(12-14-24)26-25(27(32)23-15-17-30-18-16-23)28(33)29(34)31(26)20-21-9-6-5-7-10-21/h5-7,9-18,26,32H,2-4,8,19-20H2,1H3. The molecule has 1 aromatic heterocycles. The van der Waals surface area contributed by atoms with Crippen molar-refractivity contribution >= 4 is 17.4 Å². The van der Waals surface area contributed by atoms with Gasteiger partial charge in [0.1, 0.15) is 11.5 Å². The highest BCUT2D eigenvalue weighted by Gasteiger charge is 2.46. The van der Waals surface area contributed by atoms with Crippen LogP contribution in [0, 0.1) is 0 Å². The number of unbranched alkanes of at least 4 members (excludes halogenated alkanes) is 3. The van der Waals surface area contributed by atoms with Gasteiger partial charge in [0.15, 0.2) is 0 Å². The molecule has 0 aliphatic carbocycles. The molecule has 1 atom stereocenters. The van der Waals surface area contributed by atoms with Crippen LogP contribution >= 0.6 is 0 Å². The minimum absolute atomic E-state index is 0.0744. The fraction of sp³-hybridized carbons (Fsp3) is 0.276. The highest BCUT2D eigenvalue weighted by atomic mass is 16.5. The number of aliphatic hydroxyl groups is 1. The third-order valence-corrected chi connectivity index (χ3v) is 6.15. The molecule has 4 rings (SSSR count). The molecule has 1 saturated heterocycles. The van der Waals surface area contributed by atoms with E-state index in [1.54, 1.807) is 12.1 Å². The Morgan fingerprint density at radius 1 is 0.943 bits per heavy atom. The smallest absolute Gasteiger partial charge is 0.295 e. The van der Waals surface area contributed by atoms with Crippen LogP contribution in [-0.2, 0) is 16.1 Å². The molecule has 35 heavy (non-hydrogen) atoms. The Bertz CT molecular complexity index is 1170. The van der Waals surface area contributed by atoms with Gasteiger partial charge in [0.05, 0.1) is 18.2 Å². The summed E-state index contributed by atoms with van der Waals surface area (Å²) in [7, 11) is 0. The van der Waals surface area contributed by atoms with Crippen molar-refractivity contribution in [2.24, 2.45) is 0 Å². The first-order valence-electron chi connectivity index (χ1n) is 12.1. The molecule has 0 spiro atoms. The lowest BCUT2D eigenvalue weighted by Gasteiger charge is -2.25. The Hall–Kier alpha value is -3.93. The number of Topliss-reactive ketones (excluding diaryl/α,β-unsaturated/α-hetero) is 1. The van der Waals surface area contributed by atoms with Gasteiger partial charge in [-0.25, -0.2) is 0 Å². The third-order valence-electron chi connectivity index (χ3n) is 6.15. The summed E-state index contributed by atoms with van der Waals surface area (Å²) in [5.74, 6) is -0.802. The van der Waals surface area contributed by atoms with E-state index < -0.39 is 17.7 Å². The molecule has 6 nitrogen and oxygen atoms in total. The first-order valence-corrected chi connectivity index (χ1v) is 12.1. The Balaban J connectivity index is 1.67. The van der Waals surface area contributed by atoms with E-state index in [0.717, 1.165) is 29.7 Å². The van der Waals surface area contributed by atoms with Crippen LogP contribution in [0.5, 0.6) is 5.75 Å². The van der Waals surface area contributed by atoms with Crippen LogP contribution in [0.2, 0.25) is 0 Å². The molecule has 1 unspecified atom stereocenters. The highest BCUT2D eigenvalue weighted by molar-refractivity contribution is 6.46. The van der Waals surface area contributed by atoms with Gasteiger partial charge in [-0.05, 0) is 41.8 Å². The van der Waals surface area contributed by atoms with E-state index in [0.29, 0.717) is 12.2 Å². The normalized spacial score (nSPS) is 17.1. The molecule has 1 aliphatic heterocycles. The number of carbonyl (C=O) groups excluding carboxylic acids is 2. The molecule has 1 amide bonds. The van der Waals surface area contributed by atoms with Crippen LogP contribution in [0.4, 0.5) is 0 Å². The predicted molar refractivity (Wildman–Crippen MR) is 135 cm³/mol. The molecule has 1 N–H and O–H groups in total. The summed E-state index contributed by atoms with van der Waals surface area (Å²) in [5, 5.41) is 11.1. The Morgan fingerprint density at radius 3 is 2.34 bits per heavy atom. The molecule has 2 heterocycles. The summed E-state index contributed by atoms with van der Waals surface area (Å²) >= 11 is 0. The second kappa shape index (κ2) is 11.5. The predicted octanol–water partition coefficient (Wildman–Crippen LogP) is 5.66. The minimum Gasteiger partial charge on any atom is -0.507 e. The SMILES string of the molecule is CCCCCCOc1ccc(C2C(=C(O)c3ccncc3)C(=O)C(=O)N2Cc2ccccc2)cc1. The van der Waals surface area contributed by atoms with E-state index in [4.69, 9.17) is 4.74 Å². The number of hydrogen-bond acceptors (Lipinski definition) is 5. The van der Waals surface area contributed by atoms with Crippen molar-refractivity contribution in [3.8, 4) is 5.75 Å².